The molecule has 0 spiro atoms. The summed E-state index contributed by atoms with van der Waals surface area (Å²) in [7, 11) is 0. The molecule has 0 heterocycles. The van der Waals surface area contributed by atoms with Gasteiger partial charge in [-0.25, -0.2) is 4.39 Å². The Labute approximate surface area is 93.2 Å². The van der Waals surface area contributed by atoms with E-state index in [0.29, 0.717) is 0 Å². The highest BCUT2D eigenvalue weighted by Crippen LogP contribution is 2.02. The molecule has 0 saturated heterocycles. The van der Waals surface area contributed by atoms with E-state index in [2.05, 4.69) is 0 Å². The van der Waals surface area contributed by atoms with Crippen molar-refractivity contribution in [3.05, 3.63) is 35.9 Å². The minimum Gasteiger partial charge on any atom is -0.373 e. The molecule has 0 aromatic heterocycles. The van der Waals surface area contributed by atoms with E-state index in [1.54, 1.807) is 0 Å². The first kappa shape index (κ1) is 12.5. The van der Waals surface area contributed by atoms with Crippen LogP contribution in [0.4, 0.5) is 4.39 Å². The van der Waals surface area contributed by atoms with E-state index >= 15 is 0 Å². The van der Waals surface area contributed by atoms with Crippen LogP contribution in [-0.4, -0.2) is 24.3 Å². The van der Waals surface area contributed by atoms with Crippen molar-refractivity contribution < 1.29 is 18.7 Å². The number of halogens is 1. The average molecular weight is 224 g/mol. The van der Waals surface area contributed by atoms with E-state index in [1.165, 1.54) is 0 Å². The van der Waals surface area contributed by atoms with E-state index in [4.69, 9.17) is 4.74 Å². The predicted molar refractivity (Wildman–Crippen MR) is 56.7 cm³/mol. The number of rotatable bonds is 6. The van der Waals surface area contributed by atoms with E-state index in [9.17, 15) is 14.0 Å². The molecule has 86 valence electrons. The maximum atomic E-state index is 13.1. The van der Waals surface area contributed by atoms with E-state index in [0.717, 1.165) is 12.5 Å². The second-order valence-corrected chi connectivity index (χ2v) is 3.39. The molecule has 1 rings (SSSR count). The van der Waals surface area contributed by atoms with Gasteiger partial charge < -0.3 is 4.74 Å². The highest BCUT2D eigenvalue weighted by molar-refractivity contribution is 6.37. The Bertz CT molecular complexity index is 362. The van der Waals surface area contributed by atoms with Gasteiger partial charge in [-0.05, 0) is 5.56 Å². The molecule has 0 aliphatic rings. The molecule has 0 bridgehead atoms. The number of benzene rings is 1. The number of ketones is 2. The van der Waals surface area contributed by atoms with Crippen LogP contribution in [0.5, 0.6) is 0 Å². The lowest BCUT2D eigenvalue weighted by molar-refractivity contribution is -0.139. The highest BCUT2D eigenvalue weighted by Gasteiger charge is 2.21. The van der Waals surface area contributed by atoms with Crippen molar-refractivity contribution in [2.45, 2.75) is 19.7 Å². The van der Waals surface area contributed by atoms with Crippen molar-refractivity contribution in [3.8, 4) is 0 Å². The van der Waals surface area contributed by atoms with Gasteiger partial charge in [-0.3, -0.25) is 9.59 Å². The summed E-state index contributed by atoms with van der Waals surface area (Å²) in [6.45, 7) is 0.895. The van der Waals surface area contributed by atoms with Gasteiger partial charge in [0.25, 0.3) is 0 Å². The van der Waals surface area contributed by atoms with Gasteiger partial charge in [0.2, 0.25) is 5.78 Å². The Hall–Kier alpha value is -1.55. The first-order valence-electron chi connectivity index (χ1n) is 4.91. The Kier molecular flexibility index (Phi) is 4.79. The van der Waals surface area contributed by atoms with Gasteiger partial charge in [0, 0.05) is 6.92 Å². The van der Waals surface area contributed by atoms with Crippen LogP contribution in [0, 0.1) is 0 Å². The SMILES string of the molecule is CC(=O)C(=O)[C@H](F)COCc1ccccc1. The Morgan fingerprint density at radius 2 is 1.94 bits per heavy atom. The molecule has 1 aromatic rings. The fraction of sp³-hybridized carbons (Fsp3) is 0.333. The second-order valence-electron chi connectivity index (χ2n) is 3.39. The summed E-state index contributed by atoms with van der Waals surface area (Å²) >= 11 is 0. The van der Waals surface area contributed by atoms with Gasteiger partial charge in [-0.15, -0.1) is 0 Å². The number of hydrogen-bond donors (Lipinski definition) is 0. The third-order valence-electron chi connectivity index (χ3n) is 2.01. The fourth-order valence-electron chi connectivity index (χ4n) is 1.15. The summed E-state index contributed by atoms with van der Waals surface area (Å²) in [6, 6.07) is 9.21. The lowest BCUT2D eigenvalue weighted by atomic mass is 10.2. The van der Waals surface area contributed by atoms with E-state index < -0.39 is 17.7 Å². The molecule has 16 heavy (non-hydrogen) atoms. The smallest absolute Gasteiger partial charge is 0.234 e. The molecule has 0 radical (unpaired) electrons. The molecule has 0 N–H and O–H groups in total. The minimum atomic E-state index is -1.86. The largest absolute Gasteiger partial charge is 0.373 e. The standard InChI is InChI=1S/C12H13FO3/c1-9(14)12(15)11(13)8-16-7-10-5-3-2-4-6-10/h2-6,11H,7-8H2,1H3/t11-/m1/s1. The highest BCUT2D eigenvalue weighted by atomic mass is 19.1. The first-order chi connectivity index (χ1) is 7.61. The molecule has 0 saturated carbocycles. The van der Waals surface area contributed by atoms with Crippen LogP contribution in [0.25, 0.3) is 0 Å². The third kappa shape index (κ3) is 3.90. The van der Waals surface area contributed by atoms with Crippen LogP contribution < -0.4 is 0 Å². The van der Waals surface area contributed by atoms with Crippen molar-refractivity contribution >= 4 is 11.6 Å². The molecular weight excluding hydrogens is 211 g/mol. The predicted octanol–water partition coefficient (Wildman–Crippen LogP) is 1.70. The number of hydrogen-bond acceptors (Lipinski definition) is 3. The number of ether oxygens (including phenoxy) is 1. The minimum absolute atomic E-state index is 0.229. The van der Waals surface area contributed by atoms with Crippen LogP contribution in [0.1, 0.15) is 12.5 Å². The maximum Gasteiger partial charge on any atom is 0.234 e. The second kappa shape index (κ2) is 6.12. The molecule has 0 amide bonds. The lowest BCUT2D eigenvalue weighted by Gasteiger charge is -2.06. The first-order valence-corrected chi connectivity index (χ1v) is 4.91. The number of alkyl halides is 1. The maximum absolute atomic E-state index is 13.1. The summed E-state index contributed by atoms with van der Waals surface area (Å²) in [6.07, 6.45) is -1.86. The molecule has 0 unspecified atom stereocenters. The average Bonchev–Trinajstić information content (AvgIpc) is 2.29. The summed E-state index contributed by atoms with van der Waals surface area (Å²) < 4.78 is 18.1. The summed E-state index contributed by atoms with van der Waals surface area (Å²) in [4.78, 5) is 21.5. The van der Waals surface area contributed by atoms with Gasteiger partial charge in [0.05, 0.1) is 13.2 Å². The molecule has 0 aliphatic heterocycles. The van der Waals surface area contributed by atoms with Crippen LogP contribution in [0.2, 0.25) is 0 Å². The monoisotopic (exact) mass is 224 g/mol. The molecule has 4 heteroatoms. The van der Waals surface area contributed by atoms with Gasteiger partial charge >= 0.3 is 0 Å². The topological polar surface area (TPSA) is 43.4 Å². The Morgan fingerprint density at radius 3 is 2.50 bits per heavy atom. The third-order valence-corrected chi connectivity index (χ3v) is 2.01. The molecule has 1 atom stereocenters. The zero-order valence-electron chi connectivity index (χ0n) is 8.98. The molecule has 3 nitrogen and oxygen atoms in total. The molecular formula is C12H13FO3. The van der Waals surface area contributed by atoms with Gasteiger partial charge in [0.1, 0.15) is 0 Å². The van der Waals surface area contributed by atoms with Crippen LogP contribution in [0.3, 0.4) is 0 Å². The van der Waals surface area contributed by atoms with Crippen LogP contribution in [0.15, 0.2) is 30.3 Å². The summed E-state index contributed by atoms with van der Waals surface area (Å²) in [5.74, 6) is -1.82. The van der Waals surface area contributed by atoms with Gasteiger partial charge in [0.15, 0.2) is 12.0 Å². The fourth-order valence-corrected chi connectivity index (χ4v) is 1.15. The Morgan fingerprint density at radius 1 is 1.31 bits per heavy atom. The van der Waals surface area contributed by atoms with Gasteiger partial charge in [-0.2, -0.15) is 0 Å². The number of carbonyl (C=O) groups is 2. The quantitative estimate of drug-likeness (QED) is 0.691. The zero-order valence-corrected chi connectivity index (χ0v) is 8.98. The number of carbonyl (C=O) groups excluding carboxylic acids is 2. The van der Waals surface area contributed by atoms with Crippen LogP contribution in [-0.2, 0) is 20.9 Å². The number of Topliss-reactive ketones (excluding diaryl/α,β-unsaturated/α-hetero) is 2. The van der Waals surface area contributed by atoms with E-state index in [-0.39, 0.29) is 13.2 Å². The summed E-state index contributed by atoms with van der Waals surface area (Å²) in [5.41, 5.74) is 0.893. The molecule has 0 aliphatic carbocycles. The van der Waals surface area contributed by atoms with Crippen molar-refractivity contribution in [3.63, 3.8) is 0 Å². The molecule has 1 aromatic carbocycles. The lowest BCUT2D eigenvalue weighted by Crippen LogP contribution is -2.27. The van der Waals surface area contributed by atoms with Crippen molar-refractivity contribution in [2.24, 2.45) is 0 Å². The van der Waals surface area contributed by atoms with Gasteiger partial charge in [-0.1, -0.05) is 30.3 Å². The van der Waals surface area contributed by atoms with Crippen LogP contribution >= 0.6 is 0 Å². The molecule has 0 fully saturated rings. The zero-order chi connectivity index (χ0) is 12.0. The van der Waals surface area contributed by atoms with E-state index in [1.807, 2.05) is 30.3 Å². The Balaban J connectivity index is 2.31. The van der Waals surface area contributed by atoms with Crippen molar-refractivity contribution in [1.82, 2.24) is 0 Å². The normalized spacial score (nSPS) is 12.1. The summed E-state index contributed by atoms with van der Waals surface area (Å²) in [5, 5.41) is 0. The van der Waals surface area contributed by atoms with Crippen molar-refractivity contribution in [2.75, 3.05) is 6.61 Å². The van der Waals surface area contributed by atoms with Crippen molar-refractivity contribution in [1.29, 1.82) is 0 Å².